The maximum atomic E-state index is 12.1. The van der Waals surface area contributed by atoms with E-state index in [0.717, 1.165) is 0 Å². The number of hydrogen-bond acceptors (Lipinski definition) is 2. The molecule has 5 heteroatoms. The van der Waals surface area contributed by atoms with Crippen molar-refractivity contribution in [3.05, 3.63) is 53.5 Å². The van der Waals surface area contributed by atoms with Crippen molar-refractivity contribution in [2.75, 3.05) is 4.72 Å². The van der Waals surface area contributed by atoms with Gasteiger partial charge in [-0.25, -0.2) is 8.42 Å². The summed E-state index contributed by atoms with van der Waals surface area (Å²) in [5.41, 5.74) is 0.568. The van der Waals surface area contributed by atoms with E-state index in [4.69, 9.17) is 0 Å². The molecule has 1 aromatic rings. The minimum atomic E-state index is -3.48. The largest absolute Gasteiger partial charge is 0.280 e. The Balaban J connectivity index is 2.19. The molecule has 0 heterocycles. The van der Waals surface area contributed by atoms with Crippen molar-refractivity contribution in [3.63, 3.8) is 0 Å². The third kappa shape index (κ3) is 3.23. The first kappa shape index (κ1) is 13.4. The Morgan fingerprint density at radius 1 is 1.28 bits per heavy atom. The number of benzene rings is 1. The molecule has 96 valence electrons. The van der Waals surface area contributed by atoms with Gasteiger partial charge in [-0.1, -0.05) is 46.3 Å². The first-order valence-electron chi connectivity index (χ1n) is 5.55. The number of alkyl halides is 1. The predicted molar refractivity (Wildman–Crippen MR) is 78.2 cm³/mol. The van der Waals surface area contributed by atoms with Crippen LogP contribution < -0.4 is 4.72 Å². The molecule has 0 bridgehead atoms. The van der Waals surface area contributed by atoms with Crippen molar-refractivity contribution in [1.82, 2.24) is 0 Å². The lowest BCUT2D eigenvalue weighted by Crippen LogP contribution is -2.19. The molecular weight excluding hydrogens is 314 g/mol. The van der Waals surface area contributed by atoms with Crippen molar-refractivity contribution in [2.24, 2.45) is 0 Å². The van der Waals surface area contributed by atoms with Crippen molar-refractivity contribution >= 4 is 31.6 Å². The van der Waals surface area contributed by atoms with Crippen LogP contribution in [-0.4, -0.2) is 12.7 Å². The lowest BCUT2D eigenvalue weighted by atomic mass is 10.0. The van der Waals surface area contributed by atoms with Crippen molar-refractivity contribution < 1.29 is 8.42 Å². The zero-order valence-electron chi connectivity index (χ0n) is 9.93. The van der Waals surface area contributed by atoms with E-state index >= 15 is 0 Å². The first-order valence-corrected chi connectivity index (χ1v) is 7.83. The molecule has 3 nitrogen and oxygen atoms in total. The molecule has 0 saturated carbocycles. The van der Waals surface area contributed by atoms with Crippen molar-refractivity contribution in [1.29, 1.82) is 0 Å². The van der Waals surface area contributed by atoms with E-state index in [-0.39, 0.29) is 4.32 Å². The molecular formula is C13H14BrNO2S. The zero-order chi connectivity index (χ0) is 13.2. The molecule has 1 aliphatic rings. The van der Waals surface area contributed by atoms with E-state index < -0.39 is 10.0 Å². The summed E-state index contributed by atoms with van der Waals surface area (Å²) >= 11 is 3.51. The maximum absolute atomic E-state index is 12.1. The van der Waals surface area contributed by atoms with E-state index in [2.05, 4.69) is 20.7 Å². The van der Waals surface area contributed by atoms with Crippen LogP contribution in [0, 0.1) is 0 Å². The molecule has 1 aliphatic carbocycles. The molecule has 1 unspecified atom stereocenters. The summed E-state index contributed by atoms with van der Waals surface area (Å²) < 4.78 is 26.6. The molecule has 0 fully saturated rings. The van der Waals surface area contributed by atoms with Crippen LogP contribution in [-0.2, 0) is 10.0 Å². The second-order valence-corrected chi connectivity index (χ2v) is 7.89. The quantitative estimate of drug-likeness (QED) is 0.864. The minimum Gasteiger partial charge on any atom is -0.280 e. The van der Waals surface area contributed by atoms with Gasteiger partial charge in [0.15, 0.2) is 0 Å². The molecule has 0 saturated heterocycles. The van der Waals surface area contributed by atoms with Crippen LogP contribution in [0.2, 0.25) is 0 Å². The van der Waals surface area contributed by atoms with Crippen LogP contribution in [0.25, 0.3) is 0 Å². The Bertz CT molecular complexity index is 589. The molecule has 1 N–H and O–H groups in total. The molecule has 18 heavy (non-hydrogen) atoms. The smallest absolute Gasteiger partial charge is 0.261 e. The number of halogens is 1. The molecule has 1 atom stereocenters. The Morgan fingerprint density at radius 3 is 2.50 bits per heavy atom. The SMILES string of the molecule is CC1(Br)C=CC(S(=O)(=O)Nc2ccccc2)=CC1. The highest BCUT2D eigenvalue weighted by molar-refractivity contribution is 9.10. The highest BCUT2D eigenvalue weighted by Gasteiger charge is 2.23. The molecule has 0 aliphatic heterocycles. The number of rotatable bonds is 3. The third-order valence-electron chi connectivity index (χ3n) is 2.63. The highest BCUT2D eigenvalue weighted by Crippen LogP contribution is 2.30. The number of para-hydroxylation sites is 1. The van der Waals surface area contributed by atoms with Gasteiger partial charge in [0.25, 0.3) is 10.0 Å². The lowest BCUT2D eigenvalue weighted by molar-refractivity contribution is 0.607. The van der Waals surface area contributed by atoms with Gasteiger partial charge < -0.3 is 0 Å². The van der Waals surface area contributed by atoms with Crippen LogP contribution in [0.5, 0.6) is 0 Å². The van der Waals surface area contributed by atoms with Gasteiger partial charge in [0.05, 0.1) is 4.91 Å². The Labute approximate surface area is 116 Å². The van der Waals surface area contributed by atoms with Gasteiger partial charge in [0.1, 0.15) is 0 Å². The summed E-state index contributed by atoms with van der Waals surface area (Å²) in [4.78, 5) is 0.309. The van der Waals surface area contributed by atoms with Crippen LogP contribution in [0.15, 0.2) is 53.5 Å². The minimum absolute atomic E-state index is 0.154. The van der Waals surface area contributed by atoms with Gasteiger partial charge in [0.2, 0.25) is 0 Å². The number of hydrogen-bond donors (Lipinski definition) is 1. The van der Waals surface area contributed by atoms with Crippen LogP contribution in [0.1, 0.15) is 13.3 Å². The second-order valence-electron chi connectivity index (χ2n) is 4.39. The molecule has 0 aromatic heterocycles. The van der Waals surface area contributed by atoms with E-state index in [9.17, 15) is 8.42 Å². The molecule has 2 rings (SSSR count). The Morgan fingerprint density at radius 2 is 1.94 bits per heavy atom. The zero-order valence-corrected chi connectivity index (χ0v) is 12.3. The van der Waals surface area contributed by atoms with Crippen LogP contribution in [0.4, 0.5) is 5.69 Å². The van der Waals surface area contributed by atoms with Crippen LogP contribution >= 0.6 is 15.9 Å². The van der Waals surface area contributed by atoms with E-state index in [0.29, 0.717) is 17.0 Å². The summed E-state index contributed by atoms with van der Waals surface area (Å²) in [5.74, 6) is 0. The number of nitrogens with one attached hydrogen (secondary N) is 1. The Kier molecular flexibility index (Phi) is 3.64. The summed E-state index contributed by atoms with van der Waals surface area (Å²) in [6, 6.07) is 8.86. The fourth-order valence-electron chi connectivity index (χ4n) is 1.61. The van der Waals surface area contributed by atoms with Crippen molar-refractivity contribution in [2.45, 2.75) is 17.7 Å². The summed E-state index contributed by atoms with van der Waals surface area (Å²) in [6.07, 6.45) is 5.85. The Hall–Kier alpha value is -1.07. The average molecular weight is 328 g/mol. The topological polar surface area (TPSA) is 46.2 Å². The summed E-state index contributed by atoms with van der Waals surface area (Å²) in [5, 5.41) is 0. The molecule has 1 aromatic carbocycles. The number of anilines is 1. The average Bonchev–Trinajstić information content (AvgIpc) is 2.29. The predicted octanol–water partition coefficient (Wildman–Crippen LogP) is 3.43. The number of sulfonamides is 1. The molecule has 0 spiro atoms. The van der Waals surface area contributed by atoms with E-state index in [1.54, 1.807) is 36.4 Å². The molecule has 0 radical (unpaired) electrons. The van der Waals surface area contributed by atoms with E-state index in [1.807, 2.05) is 19.1 Å². The monoisotopic (exact) mass is 327 g/mol. The normalized spacial score (nSPS) is 23.6. The maximum Gasteiger partial charge on any atom is 0.261 e. The van der Waals surface area contributed by atoms with Gasteiger partial charge in [-0.2, -0.15) is 0 Å². The van der Waals surface area contributed by atoms with Gasteiger partial charge in [-0.05, 0) is 31.6 Å². The van der Waals surface area contributed by atoms with Gasteiger partial charge in [-0.15, -0.1) is 0 Å². The van der Waals surface area contributed by atoms with Crippen molar-refractivity contribution in [3.8, 4) is 0 Å². The molecule has 0 amide bonds. The standard InChI is InChI=1S/C13H14BrNO2S/c1-13(14)9-7-12(8-10-13)18(16,17)15-11-5-3-2-4-6-11/h2-9,15H,10H2,1H3. The van der Waals surface area contributed by atoms with Gasteiger partial charge in [0, 0.05) is 10.0 Å². The lowest BCUT2D eigenvalue weighted by Gasteiger charge is -2.20. The van der Waals surface area contributed by atoms with Crippen LogP contribution in [0.3, 0.4) is 0 Å². The fraction of sp³-hybridized carbons (Fsp3) is 0.231. The third-order valence-corrected chi connectivity index (χ3v) is 4.65. The number of allylic oxidation sites excluding steroid dienone is 3. The summed E-state index contributed by atoms with van der Waals surface area (Å²) in [7, 11) is -3.48. The van der Waals surface area contributed by atoms with Gasteiger partial charge in [-0.3, -0.25) is 4.72 Å². The first-order chi connectivity index (χ1) is 8.39. The second kappa shape index (κ2) is 4.90. The fourth-order valence-corrected chi connectivity index (χ4v) is 3.02. The highest BCUT2D eigenvalue weighted by atomic mass is 79.9. The van der Waals surface area contributed by atoms with Gasteiger partial charge >= 0.3 is 0 Å². The summed E-state index contributed by atoms with van der Waals surface area (Å²) in [6.45, 7) is 1.99. The van der Waals surface area contributed by atoms with E-state index in [1.165, 1.54) is 0 Å².